The first-order valence-electron chi connectivity index (χ1n) is 5.22. The van der Waals surface area contributed by atoms with Gasteiger partial charge in [0.15, 0.2) is 0 Å². The molecule has 0 aromatic carbocycles. The van der Waals surface area contributed by atoms with E-state index in [1.165, 1.54) is 0 Å². The van der Waals surface area contributed by atoms with E-state index in [9.17, 15) is 0 Å². The van der Waals surface area contributed by atoms with Gasteiger partial charge >= 0.3 is 0 Å². The summed E-state index contributed by atoms with van der Waals surface area (Å²) < 4.78 is 0. The summed E-state index contributed by atoms with van der Waals surface area (Å²) in [6, 6.07) is 0. The number of hydrogen-bond acceptors (Lipinski definition) is 2. The van der Waals surface area contributed by atoms with E-state index in [0.29, 0.717) is 0 Å². The minimum Gasteiger partial charge on any atom is -0.258 e. The van der Waals surface area contributed by atoms with Gasteiger partial charge in [0, 0.05) is 11.6 Å². The van der Waals surface area contributed by atoms with Crippen molar-refractivity contribution in [2.75, 3.05) is 0 Å². The van der Waals surface area contributed by atoms with Crippen molar-refractivity contribution in [3.05, 3.63) is 23.3 Å². The Morgan fingerprint density at radius 2 is 1.50 bits per heavy atom. The van der Waals surface area contributed by atoms with Crippen LogP contribution in [0.2, 0.25) is 0 Å². The van der Waals surface area contributed by atoms with Crippen molar-refractivity contribution in [2.24, 2.45) is 0 Å². The van der Waals surface area contributed by atoms with Gasteiger partial charge in [-0.15, -0.1) is 0 Å². The van der Waals surface area contributed by atoms with Crippen molar-refractivity contribution in [1.29, 1.82) is 0 Å². The number of rotatable bonds is 0. The third-order valence-corrected chi connectivity index (χ3v) is 1.96. The molecule has 0 saturated heterocycles. The normalized spacial score (nSPS) is 10.5. The van der Waals surface area contributed by atoms with Gasteiger partial charge in [0.25, 0.3) is 0 Å². The van der Waals surface area contributed by atoms with Crippen molar-refractivity contribution >= 4 is 0 Å². The third-order valence-electron chi connectivity index (χ3n) is 1.96. The molecule has 0 fully saturated rings. The van der Waals surface area contributed by atoms with Crippen molar-refractivity contribution < 1.29 is 0 Å². The Labute approximate surface area is 87.8 Å². The molecule has 0 atom stereocenters. The van der Waals surface area contributed by atoms with E-state index in [1.807, 2.05) is 33.9 Å². The van der Waals surface area contributed by atoms with Crippen molar-refractivity contribution in [1.82, 2.24) is 9.97 Å². The van der Waals surface area contributed by atoms with Crippen LogP contribution in [-0.4, -0.2) is 9.97 Å². The zero-order chi connectivity index (χ0) is 11.4. The fourth-order valence-electron chi connectivity index (χ4n) is 0.903. The maximum Gasteiger partial charge on any atom is 0.0643 e. The quantitative estimate of drug-likeness (QED) is 0.632. The van der Waals surface area contributed by atoms with E-state index in [0.717, 1.165) is 17.1 Å². The van der Waals surface area contributed by atoms with E-state index >= 15 is 0 Å². The summed E-state index contributed by atoms with van der Waals surface area (Å²) in [7, 11) is 0. The molecule has 0 bridgehead atoms. The highest BCUT2D eigenvalue weighted by atomic mass is 14.8. The lowest BCUT2D eigenvalue weighted by Gasteiger charge is -2.17. The first-order valence-corrected chi connectivity index (χ1v) is 5.22. The second kappa shape index (κ2) is 5.08. The number of hydrogen-bond donors (Lipinski definition) is 0. The lowest BCUT2D eigenvalue weighted by atomic mass is 9.92. The molecule has 0 N–H and O–H groups in total. The largest absolute Gasteiger partial charge is 0.258 e. The van der Waals surface area contributed by atoms with Crippen molar-refractivity contribution in [3.63, 3.8) is 0 Å². The van der Waals surface area contributed by atoms with Crippen LogP contribution in [0.25, 0.3) is 0 Å². The maximum atomic E-state index is 4.48. The predicted molar refractivity (Wildman–Crippen MR) is 61.6 cm³/mol. The Balaban J connectivity index is 0.000000791. The highest BCUT2D eigenvalue weighted by Crippen LogP contribution is 2.19. The summed E-state index contributed by atoms with van der Waals surface area (Å²) in [5.74, 6) is 0. The number of aromatic nitrogens is 2. The van der Waals surface area contributed by atoms with Gasteiger partial charge in [-0.2, -0.15) is 0 Å². The molecule has 0 aliphatic carbocycles. The summed E-state index contributed by atoms with van der Waals surface area (Å²) in [6.07, 6.45) is 1.86. The molecular formula is C12H22N2. The summed E-state index contributed by atoms with van der Waals surface area (Å²) in [6.45, 7) is 14.4. The molecule has 0 spiro atoms. The van der Waals surface area contributed by atoms with Crippen LogP contribution in [0.4, 0.5) is 0 Å². The van der Waals surface area contributed by atoms with Crippen LogP contribution >= 0.6 is 0 Å². The molecule has 0 aliphatic heterocycles. The maximum absolute atomic E-state index is 4.48. The number of nitrogens with zero attached hydrogens (tertiary/aromatic N) is 2. The predicted octanol–water partition coefficient (Wildman–Crippen LogP) is 3.42. The van der Waals surface area contributed by atoms with Crippen LogP contribution in [0.15, 0.2) is 6.20 Å². The van der Waals surface area contributed by atoms with Gasteiger partial charge in [0.1, 0.15) is 0 Å². The van der Waals surface area contributed by atoms with Crippen LogP contribution in [0, 0.1) is 13.8 Å². The van der Waals surface area contributed by atoms with Gasteiger partial charge in [-0.3, -0.25) is 9.97 Å². The fourth-order valence-corrected chi connectivity index (χ4v) is 0.903. The van der Waals surface area contributed by atoms with Crippen LogP contribution in [0.3, 0.4) is 0 Å². The highest BCUT2D eigenvalue weighted by molar-refractivity contribution is 5.15. The smallest absolute Gasteiger partial charge is 0.0643 e. The van der Waals surface area contributed by atoms with E-state index in [1.54, 1.807) is 0 Å². The van der Waals surface area contributed by atoms with Crippen LogP contribution in [-0.2, 0) is 5.41 Å². The standard InChI is InChI=1S/C10H16N2.C2H6/c1-7-8(2)12-9(6-11-7)10(3,4)5;1-2/h6H,1-5H3;1-2H3. The molecule has 1 rings (SSSR count). The average Bonchev–Trinajstić information content (AvgIpc) is 2.11. The second-order valence-electron chi connectivity index (χ2n) is 4.18. The van der Waals surface area contributed by atoms with Crippen LogP contribution < -0.4 is 0 Å². The van der Waals surface area contributed by atoms with E-state index in [-0.39, 0.29) is 5.41 Å². The van der Waals surface area contributed by atoms with Crippen LogP contribution in [0.1, 0.15) is 51.7 Å². The molecule has 0 aliphatic rings. The first kappa shape index (κ1) is 13.1. The molecule has 14 heavy (non-hydrogen) atoms. The summed E-state index contributed by atoms with van der Waals surface area (Å²) in [4.78, 5) is 8.76. The molecule has 80 valence electrons. The molecule has 0 saturated carbocycles. The zero-order valence-electron chi connectivity index (χ0n) is 10.5. The number of aryl methyl sites for hydroxylation is 2. The van der Waals surface area contributed by atoms with Gasteiger partial charge in [-0.25, -0.2) is 0 Å². The summed E-state index contributed by atoms with van der Waals surface area (Å²) >= 11 is 0. The molecule has 0 amide bonds. The molecular weight excluding hydrogens is 172 g/mol. The Kier molecular flexibility index (Phi) is 4.75. The minimum atomic E-state index is 0.103. The van der Waals surface area contributed by atoms with E-state index < -0.39 is 0 Å². The van der Waals surface area contributed by atoms with Gasteiger partial charge in [0.2, 0.25) is 0 Å². The third kappa shape index (κ3) is 3.44. The molecule has 1 heterocycles. The van der Waals surface area contributed by atoms with Gasteiger partial charge < -0.3 is 0 Å². The van der Waals surface area contributed by atoms with Crippen molar-refractivity contribution in [3.8, 4) is 0 Å². The highest BCUT2D eigenvalue weighted by Gasteiger charge is 2.15. The SMILES string of the molecule is CC.Cc1ncc(C(C)(C)C)nc1C. The van der Waals surface area contributed by atoms with Gasteiger partial charge in [-0.1, -0.05) is 34.6 Å². The summed E-state index contributed by atoms with van der Waals surface area (Å²) in [5.41, 5.74) is 3.21. The molecule has 2 nitrogen and oxygen atoms in total. The Morgan fingerprint density at radius 1 is 1.00 bits per heavy atom. The van der Waals surface area contributed by atoms with Gasteiger partial charge in [0.05, 0.1) is 17.1 Å². The van der Waals surface area contributed by atoms with Crippen LogP contribution in [0.5, 0.6) is 0 Å². The lowest BCUT2D eigenvalue weighted by molar-refractivity contribution is 0.562. The van der Waals surface area contributed by atoms with Crippen molar-refractivity contribution in [2.45, 2.75) is 53.9 Å². The molecule has 0 radical (unpaired) electrons. The average molecular weight is 194 g/mol. The topological polar surface area (TPSA) is 25.8 Å². The second-order valence-corrected chi connectivity index (χ2v) is 4.18. The molecule has 0 unspecified atom stereocenters. The molecule has 1 aromatic rings. The monoisotopic (exact) mass is 194 g/mol. The Bertz CT molecular complexity index is 285. The Hall–Kier alpha value is -0.920. The van der Waals surface area contributed by atoms with E-state index in [2.05, 4.69) is 30.7 Å². The van der Waals surface area contributed by atoms with Gasteiger partial charge in [-0.05, 0) is 13.8 Å². The Morgan fingerprint density at radius 3 is 1.86 bits per heavy atom. The van der Waals surface area contributed by atoms with E-state index in [4.69, 9.17) is 0 Å². The zero-order valence-corrected chi connectivity index (χ0v) is 10.5. The summed E-state index contributed by atoms with van der Waals surface area (Å²) in [5, 5.41) is 0. The first-order chi connectivity index (χ1) is 6.41. The molecule has 1 aromatic heterocycles. The minimum absolute atomic E-state index is 0.103. The molecule has 2 heteroatoms. The fraction of sp³-hybridized carbons (Fsp3) is 0.667. The lowest BCUT2D eigenvalue weighted by Crippen LogP contribution is -2.15.